The standard InChI is InChI=1S/C18H22FNO4S2/c1-15(2)20(3)14-18(19,25(21,22)16-10-6-4-7-11-16)26(23,24)17-12-8-5-9-13-17/h4-13,15H,14H2,1-3H3. The lowest BCUT2D eigenvalue weighted by Crippen LogP contribution is -2.51. The molecule has 0 bridgehead atoms. The zero-order valence-electron chi connectivity index (χ0n) is 14.8. The van der Waals surface area contributed by atoms with Crippen LogP contribution >= 0.6 is 0 Å². The van der Waals surface area contributed by atoms with E-state index in [4.69, 9.17) is 0 Å². The SMILES string of the molecule is CC(C)N(C)CC(F)(S(=O)(=O)c1ccccc1)S(=O)(=O)c1ccccc1. The van der Waals surface area contributed by atoms with Crippen LogP contribution in [-0.4, -0.2) is 45.7 Å². The van der Waals surface area contributed by atoms with Crippen LogP contribution < -0.4 is 0 Å². The Morgan fingerprint density at radius 3 is 1.50 bits per heavy atom. The van der Waals surface area contributed by atoms with Crippen molar-refractivity contribution in [2.45, 2.75) is 34.0 Å². The van der Waals surface area contributed by atoms with Crippen molar-refractivity contribution in [1.82, 2.24) is 4.90 Å². The highest BCUT2D eigenvalue weighted by Crippen LogP contribution is 2.37. The summed E-state index contributed by atoms with van der Waals surface area (Å²) in [6.07, 6.45) is 0. The molecule has 0 aliphatic carbocycles. The molecule has 0 aliphatic rings. The van der Waals surface area contributed by atoms with Gasteiger partial charge in [-0.1, -0.05) is 36.4 Å². The molecule has 142 valence electrons. The summed E-state index contributed by atoms with van der Waals surface area (Å²) in [6.45, 7) is 2.65. The average molecular weight is 400 g/mol. The van der Waals surface area contributed by atoms with Crippen LogP contribution in [0.5, 0.6) is 0 Å². The van der Waals surface area contributed by atoms with Crippen molar-refractivity contribution in [3.05, 3.63) is 60.7 Å². The van der Waals surface area contributed by atoms with Gasteiger partial charge in [0.2, 0.25) is 19.7 Å². The number of alkyl halides is 1. The largest absolute Gasteiger partial charge is 0.330 e. The van der Waals surface area contributed by atoms with Gasteiger partial charge < -0.3 is 0 Å². The molecular formula is C18H22FNO4S2. The van der Waals surface area contributed by atoms with Crippen molar-refractivity contribution in [2.75, 3.05) is 13.6 Å². The molecule has 5 nitrogen and oxygen atoms in total. The molecule has 2 aromatic rings. The monoisotopic (exact) mass is 399 g/mol. The summed E-state index contributed by atoms with van der Waals surface area (Å²) in [5, 5.41) is 0. The third kappa shape index (κ3) is 3.54. The van der Waals surface area contributed by atoms with E-state index in [1.165, 1.54) is 60.5 Å². The topological polar surface area (TPSA) is 71.5 Å². The first-order chi connectivity index (χ1) is 12.0. The number of sulfone groups is 2. The van der Waals surface area contributed by atoms with Crippen LogP contribution in [0.15, 0.2) is 70.5 Å². The van der Waals surface area contributed by atoms with Gasteiger partial charge in [0.25, 0.3) is 0 Å². The van der Waals surface area contributed by atoms with Crippen LogP contribution in [0.1, 0.15) is 13.8 Å². The molecule has 0 heterocycles. The molecule has 0 amide bonds. The molecule has 0 aliphatic heterocycles. The minimum atomic E-state index is -4.83. The summed E-state index contributed by atoms with van der Waals surface area (Å²) in [5.41, 5.74) is 0. The first-order valence-corrected chi connectivity index (χ1v) is 11.0. The number of nitrogens with zero attached hydrogens (tertiary/aromatic N) is 1. The van der Waals surface area contributed by atoms with E-state index < -0.39 is 30.6 Å². The molecule has 0 unspecified atom stereocenters. The molecule has 0 saturated heterocycles. The minimum absolute atomic E-state index is 0.248. The van der Waals surface area contributed by atoms with Gasteiger partial charge in [0.05, 0.1) is 16.3 Å². The van der Waals surface area contributed by atoms with E-state index in [1.54, 1.807) is 26.0 Å². The summed E-state index contributed by atoms with van der Waals surface area (Å²) in [6, 6.07) is 13.4. The van der Waals surface area contributed by atoms with Gasteiger partial charge in [-0.3, -0.25) is 4.90 Å². The first-order valence-electron chi connectivity index (χ1n) is 8.02. The number of hydrogen-bond acceptors (Lipinski definition) is 5. The molecule has 2 aromatic carbocycles. The van der Waals surface area contributed by atoms with Gasteiger partial charge in [-0.25, -0.2) is 21.2 Å². The predicted octanol–water partition coefficient (Wildman–Crippen LogP) is 2.90. The quantitative estimate of drug-likeness (QED) is 0.716. The van der Waals surface area contributed by atoms with Gasteiger partial charge in [-0.2, -0.15) is 0 Å². The minimum Gasteiger partial charge on any atom is -0.299 e. The van der Waals surface area contributed by atoms with Crippen molar-refractivity contribution in [1.29, 1.82) is 0 Å². The zero-order chi connectivity index (χ0) is 19.6. The summed E-state index contributed by atoms with van der Waals surface area (Å²) in [5.74, 6) is 0. The maximum absolute atomic E-state index is 16.1. The molecule has 0 radical (unpaired) electrons. The molecule has 2 rings (SSSR count). The summed E-state index contributed by atoms with van der Waals surface area (Å²) < 4.78 is 64.8. The number of rotatable bonds is 7. The number of halogens is 1. The molecular weight excluding hydrogens is 377 g/mol. The lowest BCUT2D eigenvalue weighted by molar-refractivity contribution is 0.205. The van der Waals surface area contributed by atoms with Gasteiger partial charge in [0.1, 0.15) is 0 Å². The highest BCUT2D eigenvalue weighted by Gasteiger charge is 2.58. The predicted molar refractivity (Wildman–Crippen MR) is 98.9 cm³/mol. The fraction of sp³-hybridized carbons (Fsp3) is 0.333. The normalized spacial score (nSPS) is 13.3. The summed E-state index contributed by atoms with van der Waals surface area (Å²) in [4.78, 5) is 0.611. The smallest absolute Gasteiger partial charge is 0.299 e. The fourth-order valence-corrected chi connectivity index (χ4v) is 6.56. The Bertz CT molecular complexity index is 874. The van der Waals surface area contributed by atoms with Crippen LogP contribution in [0.3, 0.4) is 0 Å². The second-order valence-corrected chi connectivity index (χ2v) is 10.8. The Morgan fingerprint density at radius 2 is 1.19 bits per heavy atom. The van der Waals surface area contributed by atoms with Gasteiger partial charge in [0, 0.05) is 6.04 Å². The van der Waals surface area contributed by atoms with Crippen LogP contribution in [0.4, 0.5) is 4.39 Å². The Balaban J connectivity index is 2.72. The van der Waals surface area contributed by atoms with Crippen molar-refractivity contribution in [3.63, 3.8) is 0 Å². The third-order valence-corrected chi connectivity index (χ3v) is 9.19. The Hall–Kier alpha value is -1.77. The van der Waals surface area contributed by atoms with Crippen molar-refractivity contribution in [3.8, 4) is 0 Å². The van der Waals surface area contributed by atoms with Gasteiger partial charge in [-0.15, -0.1) is 0 Å². The molecule has 8 heteroatoms. The second-order valence-electron chi connectivity index (χ2n) is 6.30. The maximum Gasteiger partial charge on any atom is 0.330 e. The van der Waals surface area contributed by atoms with Crippen LogP contribution in [0.2, 0.25) is 0 Å². The molecule has 0 saturated carbocycles. The molecule has 0 aromatic heterocycles. The summed E-state index contributed by atoms with van der Waals surface area (Å²) >= 11 is 0. The molecule has 26 heavy (non-hydrogen) atoms. The average Bonchev–Trinajstić information content (AvgIpc) is 2.62. The highest BCUT2D eigenvalue weighted by atomic mass is 32.3. The summed E-state index contributed by atoms with van der Waals surface area (Å²) in [7, 11) is -8.18. The Morgan fingerprint density at radius 1 is 0.846 bits per heavy atom. The van der Waals surface area contributed by atoms with E-state index in [9.17, 15) is 16.8 Å². The Labute approximate surface area is 154 Å². The zero-order valence-corrected chi connectivity index (χ0v) is 16.5. The highest BCUT2D eigenvalue weighted by molar-refractivity contribution is 8.10. The van der Waals surface area contributed by atoms with Crippen molar-refractivity contribution >= 4 is 19.7 Å². The van der Waals surface area contributed by atoms with E-state index in [1.807, 2.05) is 0 Å². The third-order valence-electron chi connectivity index (χ3n) is 4.23. The number of hydrogen-bond donors (Lipinski definition) is 0. The van der Waals surface area contributed by atoms with Crippen LogP contribution in [0, 0.1) is 0 Å². The molecule has 0 N–H and O–H groups in total. The Kier molecular flexibility index (Phi) is 5.89. The molecule has 0 spiro atoms. The maximum atomic E-state index is 16.1. The van der Waals surface area contributed by atoms with E-state index in [0.717, 1.165) is 0 Å². The first kappa shape index (κ1) is 20.5. The second kappa shape index (κ2) is 7.46. The van der Waals surface area contributed by atoms with Gasteiger partial charge in [-0.05, 0) is 45.2 Å². The number of benzene rings is 2. The van der Waals surface area contributed by atoms with Crippen LogP contribution in [-0.2, 0) is 19.7 Å². The van der Waals surface area contributed by atoms with Crippen molar-refractivity contribution in [2.24, 2.45) is 0 Å². The lowest BCUT2D eigenvalue weighted by Gasteiger charge is -2.31. The van der Waals surface area contributed by atoms with Crippen LogP contribution in [0.25, 0.3) is 0 Å². The molecule has 0 fully saturated rings. The van der Waals surface area contributed by atoms with Crippen molar-refractivity contribution < 1.29 is 21.2 Å². The molecule has 0 atom stereocenters. The van der Waals surface area contributed by atoms with Gasteiger partial charge in [0.15, 0.2) is 0 Å². The van der Waals surface area contributed by atoms with E-state index in [2.05, 4.69) is 0 Å². The van der Waals surface area contributed by atoms with E-state index in [0.29, 0.717) is 0 Å². The van der Waals surface area contributed by atoms with E-state index in [-0.39, 0.29) is 15.8 Å². The lowest BCUT2D eigenvalue weighted by atomic mass is 10.3. The van der Waals surface area contributed by atoms with E-state index >= 15 is 4.39 Å². The van der Waals surface area contributed by atoms with Gasteiger partial charge >= 0.3 is 4.33 Å². The fourth-order valence-electron chi connectivity index (χ4n) is 2.35.